The van der Waals surface area contributed by atoms with Gasteiger partial charge in [-0.15, -0.1) is 0 Å². The lowest BCUT2D eigenvalue weighted by Crippen LogP contribution is -2.49. The summed E-state index contributed by atoms with van der Waals surface area (Å²) in [6.07, 6.45) is 2.13. The van der Waals surface area contributed by atoms with Gasteiger partial charge in [0.2, 0.25) is 5.91 Å². The second kappa shape index (κ2) is 9.45. The monoisotopic (exact) mass is 466 g/mol. The maximum Gasteiger partial charge on any atom is 0.407 e. The molecule has 160 valence electrons. The maximum absolute atomic E-state index is 12.9. The summed E-state index contributed by atoms with van der Waals surface area (Å²) in [4.78, 5) is 26.6. The summed E-state index contributed by atoms with van der Waals surface area (Å²) >= 11 is 3.45. The van der Waals surface area contributed by atoms with Gasteiger partial charge < -0.3 is 15.0 Å². The van der Waals surface area contributed by atoms with Crippen molar-refractivity contribution in [3.63, 3.8) is 0 Å². The van der Waals surface area contributed by atoms with Crippen LogP contribution >= 0.6 is 15.9 Å². The van der Waals surface area contributed by atoms with Gasteiger partial charge in [-0.2, -0.15) is 0 Å². The van der Waals surface area contributed by atoms with Crippen molar-refractivity contribution in [2.24, 2.45) is 5.92 Å². The van der Waals surface area contributed by atoms with E-state index in [0.717, 1.165) is 36.8 Å². The predicted molar refractivity (Wildman–Crippen MR) is 115 cm³/mol. The Morgan fingerprint density at radius 1 is 1.17 bits per heavy atom. The van der Waals surface area contributed by atoms with E-state index in [9.17, 15) is 9.59 Å². The molecule has 2 fully saturated rings. The second-order valence-corrected chi connectivity index (χ2v) is 9.75. The molecule has 2 aliphatic heterocycles. The van der Waals surface area contributed by atoms with Crippen LogP contribution in [0.25, 0.3) is 0 Å². The number of hydrogen-bond acceptors (Lipinski definition) is 5. The third-order valence-electron chi connectivity index (χ3n) is 5.33. The highest BCUT2D eigenvalue weighted by Gasteiger charge is 2.34. The smallest absolute Gasteiger partial charge is 0.407 e. The van der Waals surface area contributed by atoms with Gasteiger partial charge in [-0.25, -0.2) is 15.6 Å². The fourth-order valence-corrected chi connectivity index (χ4v) is 4.02. The van der Waals surface area contributed by atoms with Gasteiger partial charge in [-0.1, -0.05) is 28.1 Å². The van der Waals surface area contributed by atoms with E-state index >= 15 is 0 Å². The number of hydrazine groups is 1. The fourth-order valence-electron chi connectivity index (χ4n) is 3.75. The number of halogens is 1. The number of carbonyl (C=O) groups is 2. The first kappa shape index (κ1) is 22.1. The number of rotatable bonds is 4. The zero-order valence-corrected chi connectivity index (χ0v) is 18.9. The summed E-state index contributed by atoms with van der Waals surface area (Å²) in [5.41, 5.74) is 7.09. The van der Waals surface area contributed by atoms with Gasteiger partial charge in [0.25, 0.3) is 0 Å². The molecule has 3 rings (SSSR count). The molecule has 0 bridgehead atoms. The average molecular weight is 467 g/mol. The van der Waals surface area contributed by atoms with Crippen LogP contribution in [0.2, 0.25) is 0 Å². The lowest BCUT2D eigenvalue weighted by Gasteiger charge is -2.33. The molecule has 2 atom stereocenters. The van der Waals surface area contributed by atoms with E-state index in [2.05, 4.69) is 44.2 Å². The molecule has 8 heteroatoms. The van der Waals surface area contributed by atoms with Gasteiger partial charge in [0, 0.05) is 30.1 Å². The Kier molecular flexibility index (Phi) is 7.19. The molecule has 29 heavy (non-hydrogen) atoms. The zero-order chi connectivity index (χ0) is 21.0. The van der Waals surface area contributed by atoms with Crippen LogP contribution in [-0.2, 0) is 9.53 Å². The average Bonchev–Trinajstić information content (AvgIpc) is 3.15. The number of ether oxygens (including phenoxy) is 1. The summed E-state index contributed by atoms with van der Waals surface area (Å²) in [5.74, 6) is 0.521. The van der Waals surface area contributed by atoms with Crippen LogP contribution in [-0.4, -0.2) is 48.2 Å². The number of nitrogens with one attached hydrogen (secondary N) is 3. The summed E-state index contributed by atoms with van der Waals surface area (Å²) in [7, 11) is 0. The van der Waals surface area contributed by atoms with Crippen molar-refractivity contribution in [3.8, 4) is 0 Å². The molecule has 2 unspecified atom stereocenters. The van der Waals surface area contributed by atoms with Crippen molar-refractivity contribution in [3.05, 3.63) is 34.3 Å². The van der Waals surface area contributed by atoms with E-state index in [1.54, 1.807) is 0 Å². The number of nitrogens with zero attached hydrogens (tertiary/aromatic N) is 1. The molecule has 0 aromatic heterocycles. The van der Waals surface area contributed by atoms with Crippen LogP contribution in [0.3, 0.4) is 0 Å². The molecule has 1 aromatic rings. The van der Waals surface area contributed by atoms with Crippen molar-refractivity contribution < 1.29 is 14.3 Å². The molecule has 0 spiro atoms. The molecule has 2 heterocycles. The highest BCUT2D eigenvalue weighted by atomic mass is 79.9. The molecule has 2 amide bonds. The predicted octanol–water partition coefficient (Wildman–Crippen LogP) is 3.12. The molecular weight excluding hydrogens is 436 g/mol. The summed E-state index contributed by atoms with van der Waals surface area (Å²) in [5, 5.41) is 2.85. The third-order valence-corrected chi connectivity index (χ3v) is 5.86. The molecule has 2 saturated heterocycles. The van der Waals surface area contributed by atoms with Gasteiger partial charge in [0.1, 0.15) is 11.6 Å². The lowest BCUT2D eigenvalue weighted by atomic mass is 9.95. The molecule has 0 radical (unpaired) electrons. The van der Waals surface area contributed by atoms with Gasteiger partial charge in [0.15, 0.2) is 0 Å². The number of carbonyl (C=O) groups excluding carboxylic acids is 2. The number of benzene rings is 1. The number of likely N-dealkylation sites (tertiary alicyclic amines) is 1. The first-order chi connectivity index (χ1) is 13.7. The molecule has 1 aromatic carbocycles. The number of hydrogen-bond donors (Lipinski definition) is 3. The number of piperidine rings is 1. The Bertz CT molecular complexity index is 712. The molecule has 7 nitrogen and oxygen atoms in total. The van der Waals surface area contributed by atoms with Gasteiger partial charge in [0.05, 0.1) is 0 Å². The highest BCUT2D eigenvalue weighted by molar-refractivity contribution is 9.10. The minimum atomic E-state index is -0.490. The Labute approximate surface area is 181 Å². The minimum Gasteiger partial charge on any atom is -0.444 e. The zero-order valence-electron chi connectivity index (χ0n) is 17.3. The van der Waals surface area contributed by atoms with Crippen LogP contribution < -0.4 is 16.2 Å². The Morgan fingerprint density at radius 2 is 1.83 bits per heavy atom. The van der Waals surface area contributed by atoms with Crippen molar-refractivity contribution >= 4 is 27.9 Å². The minimum absolute atomic E-state index is 0.132. The van der Waals surface area contributed by atoms with Crippen molar-refractivity contribution in [1.82, 2.24) is 21.1 Å². The summed E-state index contributed by atoms with van der Waals surface area (Å²) in [6.45, 7) is 7.59. The fraction of sp³-hybridized carbons (Fsp3) is 0.619. The maximum atomic E-state index is 12.9. The normalized spacial score (nSPS) is 23.1. The molecule has 2 aliphatic rings. The summed E-state index contributed by atoms with van der Waals surface area (Å²) < 4.78 is 6.32. The van der Waals surface area contributed by atoms with Gasteiger partial charge >= 0.3 is 6.09 Å². The first-order valence-corrected chi connectivity index (χ1v) is 11.0. The topological polar surface area (TPSA) is 82.7 Å². The van der Waals surface area contributed by atoms with E-state index in [0.29, 0.717) is 12.5 Å². The van der Waals surface area contributed by atoms with Crippen LogP contribution in [0.1, 0.15) is 51.6 Å². The Balaban J connectivity index is 1.41. The SMILES string of the molecule is CC(C)(C)OC(=O)NCC1CCN(C(=O)C2CC(c3ccc(Br)cc3)NN2)CC1. The lowest BCUT2D eigenvalue weighted by molar-refractivity contribution is -0.134. The first-order valence-electron chi connectivity index (χ1n) is 10.2. The quantitative estimate of drug-likeness (QED) is 0.634. The molecule has 0 aliphatic carbocycles. The Morgan fingerprint density at radius 3 is 2.45 bits per heavy atom. The van der Waals surface area contributed by atoms with E-state index in [1.165, 1.54) is 5.56 Å². The van der Waals surface area contributed by atoms with Crippen molar-refractivity contribution in [2.45, 2.75) is 57.7 Å². The third kappa shape index (κ3) is 6.42. The van der Waals surface area contributed by atoms with Crippen LogP contribution in [0.5, 0.6) is 0 Å². The van der Waals surface area contributed by atoms with Crippen LogP contribution in [0, 0.1) is 5.92 Å². The van der Waals surface area contributed by atoms with E-state index < -0.39 is 5.60 Å². The van der Waals surface area contributed by atoms with E-state index in [4.69, 9.17) is 4.74 Å². The largest absolute Gasteiger partial charge is 0.444 e. The second-order valence-electron chi connectivity index (χ2n) is 8.83. The van der Waals surface area contributed by atoms with E-state index in [1.807, 2.05) is 37.8 Å². The number of amides is 2. The molecule has 0 saturated carbocycles. The van der Waals surface area contributed by atoms with E-state index in [-0.39, 0.29) is 24.1 Å². The van der Waals surface area contributed by atoms with Crippen molar-refractivity contribution in [2.75, 3.05) is 19.6 Å². The van der Waals surface area contributed by atoms with Crippen LogP contribution in [0.4, 0.5) is 4.79 Å². The van der Waals surface area contributed by atoms with Gasteiger partial charge in [-0.05, 0) is 63.6 Å². The Hall–Kier alpha value is -1.64. The highest BCUT2D eigenvalue weighted by Crippen LogP contribution is 2.26. The van der Waals surface area contributed by atoms with Crippen LogP contribution in [0.15, 0.2) is 28.7 Å². The summed E-state index contributed by atoms with van der Waals surface area (Å²) in [6, 6.07) is 8.09. The van der Waals surface area contributed by atoms with Crippen molar-refractivity contribution in [1.29, 1.82) is 0 Å². The van der Waals surface area contributed by atoms with Gasteiger partial charge in [-0.3, -0.25) is 4.79 Å². The number of alkyl carbamates (subject to hydrolysis) is 1. The standard InChI is InChI=1S/C21H31BrN4O3/c1-21(2,3)29-20(28)23-13-14-8-10-26(11-9-14)19(27)18-12-17(24-25-18)15-4-6-16(22)7-5-15/h4-7,14,17-18,24-25H,8-13H2,1-3H3,(H,23,28). The molecule has 3 N–H and O–H groups in total. The molecular formula is C21H31BrN4O3.